The summed E-state index contributed by atoms with van der Waals surface area (Å²) in [7, 11) is 2.56. The van der Waals surface area contributed by atoms with Crippen LogP contribution < -0.4 is 14.8 Å². The molecule has 6 nitrogen and oxygen atoms in total. The number of halogens is 3. The van der Waals surface area contributed by atoms with E-state index in [1.54, 1.807) is 0 Å². The largest absolute Gasteiger partial charge is 0.493 e. The fraction of sp³-hybridized carbons (Fsp3) is 0.176. The minimum Gasteiger partial charge on any atom is -0.493 e. The van der Waals surface area contributed by atoms with E-state index in [1.165, 1.54) is 32.4 Å². The fourth-order valence-corrected chi connectivity index (χ4v) is 1.98. The molecule has 0 radical (unpaired) electrons. The first-order chi connectivity index (χ1) is 12.4. The number of anilines is 1. The number of ether oxygens (including phenoxy) is 3. The van der Waals surface area contributed by atoms with E-state index in [0.717, 1.165) is 6.07 Å². The Morgan fingerprint density at radius 1 is 1.00 bits per heavy atom. The number of hydrogen-bond donors (Lipinski definition) is 1. The Labute approximate surface area is 146 Å². The zero-order valence-corrected chi connectivity index (χ0v) is 13.8. The molecule has 0 saturated carbocycles. The third-order valence-corrected chi connectivity index (χ3v) is 3.25. The van der Waals surface area contributed by atoms with Gasteiger partial charge in [0.05, 0.1) is 25.5 Å². The van der Waals surface area contributed by atoms with E-state index < -0.39 is 41.6 Å². The summed E-state index contributed by atoms with van der Waals surface area (Å²) < 4.78 is 54.4. The third-order valence-electron chi connectivity index (χ3n) is 3.25. The Balaban J connectivity index is 2.05. The molecule has 0 aliphatic rings. The van der Waals surface area contributed by atoms with E-state index in [4.69, 9.17) is 9.47 Å². The first-order valence-corrected chi connectivity index (χ1v) is 7.20. The van der Waals surface area contributed by atoms with Gasteiger partial charge in [0.15, 0.2) is 35.6 Å². The van der Waals surface area contributed by atoms with E-state index in [-0.39, 0.29) is 17.1 Å². The van der Waals surface area contributed by atoms with Crippen molar-refractivity contribution in [3.8, 4) is 11.5 Å². The second kappa shape index (κ2) is 8.24. The van der Waals surface area contributed by atoms with Crippen molar-refractivity contribution in [2.24, 2.45) is 0 Å². The average Bonchev–Trinajstić information content (AvgIpc) is 2.66. The highest BCUT2D eigenvalue weighted by Crippen LogP contribution is 2.28. The zero-order chi connectivity index (χ0) is 19.3. The molecule has 0 bridgehead atoms. The molecule has 0 heterocycles. The van der Waals surface area contributed by atoms with Gasteiger partial charge in [0.2, 0.25) is 0 Å². The van der Waals surface area contributed by atoms with Gasteiger partial charge in [-0.25, -0.2) is 18.0 Å². The number of carbonyl (C=O) groups is 2. The summed E-state index contributed by atoms with van der Waals surface area (Å²) in [5.41, 5.74) is -0.310. The third kappa shape index (κ3) is 4.24. The molecule has 0 aliphatic carbocycles. The number of nitrogens with one attached hydrogen (secondary N) is 1. The van der Waals surface area contributed by atoms with Crippen LogP contribution in [0, 0.1) is 17.5 Å². The van der Waals surface area contributed by atoms with Crippen molar-refractivity contribution < 1.29 is 37.0 Å². The van der Waals surface area contributed by atoms with Crippen molar-refractivity contribution in [1.29, 1.82) is 0 Å². The predicted octanol–water partition coefficient (Wildman–Crippen LogP) is 2.92. The highest BCUT2D eigenvalue weighted by Gasteiger charge is 2.16. The number of amides is 1. The normalized spacial score (nSPS) is 10.2. The van der Waals surface area contributed by atoms with Crippen molar-refractivity contribution in [3.05, 3.63) is 53.3 Å². The number of methoxy groups -OCH3 is 2. The summed E-state index contributed by atoms with van der Waals surface area (Å²) in [6, 6.07) is 5.71. The SMILES string of the molecule is COC(=O)c1ccc(OCC(=O)Nc2ccc(F)c(F)c2F)c(OC)c1. The maximum absolute atomic E-state index is 13.5. The van der Waals surface area contributed by atoms with Crippen LogP contribution >= 0.6 is 0 Å². The summed E-state index contributed by atoms with van der Waals surface area (Å²) >= 11 is 0. The summed E-state index contributed by atoms with van der Waals surface area (Å²) in [5, 5.41) is 2.06. The van der Waals surface area contributed by atoms with Crippen LogP contribution in [0.3, 0.4) is 0 Å². The molecule has 0 spiro atoms. The molecule has 0 saturated heterocycles. The molecule has 0 aliphatic heterocycles. The van der Waals surface area contributed by atoms with Crippen LogP contribution in [0.4, 0.5) is 18.9 Å². The molecule has 0 atom stereocenters. The maximum atomic E-state index is 13.5. The van der Waals surface area contributed by atoms with E-state index in [9.17, 15) is 22.8 Å². The van der Waals surface area contributed by atoms with Crippen LogP contribution in [-0.4, -0.2) is 32.7 Å². The van der Waals surface area contributed by atoms with Crippen molar-refractivity contribution in [3.63, 3.8) is 0 Å². The van der Waals surface area contributed by atoms with Gasteiger partial charge in [0, 0.05) is 0 Å². The quantitative estimate of drug-likeness (QED) is 0.626. The Morgan fingerprint density at radius 3 is 2.38 bits per heavy atom. The van der Waals surface area contributed by atoms with Crippen LogP contribution in [0.5, 0.6) is 11.5 Å². The number of esters is 1. The van der Waals surface area contributed by atoms with E-state index >= 15 is 0 Å². The van der Waals surface area contributed by atoms with Crippen LogP contribution in [0.1, 0.15) is 10.4 Å². The van der Waals surface area contributed by atoms with Gasteiger partial charge >= 0.3 is 5.97 Å². The summed E-state index contributed by atoms with van der Waals surface area (Å²) in [4.78, 5) is 23.3. The predicted molar refractivity (Wildman–Crippen MR) is 84.8 cm³/mol. The lowest BCUT2D eigenvalue weighted by atomic mass is 10.2. The van der Waals surface area contributed by atoms with Crippen LogP contribution in [0.25, 0.3) is 0 Å². The second-order valence-corrected chi connectivity index (χ2v) is 4.92. The van der Waals surface area contributed by atoms with E-state index in [1.807, 2.05) is 0 Å². The molecule has 0 fully saturated rings. The molecule has 1 amide bonds. The van der Waals surface area contributed by atoms with E-state index in [0.29, 0.717) is 6.07 Å². The van der Waals surface area contributed by atoms with Gasteiger partial charge < -0.3 is 19.5 Å². The van der Waals surface area contributed by atoms with Gasteiger partial charge in [0.1, 0.15) is 0 Å². The summed E-state index contributed by atoms with van der Waals surface area (Å²) in [5.74, 6) is -5.66. The van der Waals surface area contributed by atoms with Gasteiger partial charge in [-0.1, -0.05) is 0 Å². The molecule has 0 aromatic heterocycles. The molecule has 2 aromatic rings. The molecule has 1 N–H and O–H groups in total. The van der Waals surface area contributed by atoms with Crippen LogP contribution in [0.15, 0.2) is 30.3 Å². The molecule has 138 valence electrons. The van der Waals surface area contributed by atoms with Crippen molar-refractivity contribution in [2.45, 2.75) is 0 Å². The lowest BCUT2D eigenvalue weighted by Crippen LogP contribution is -2.21. The molecular weight excluding hydrogens is 355 g/mol. The standard InChI is InChI=1S/C17H14F3NO5/c1-24-13-7-9(17(23)25-2)3-6-12(13)26-8-14(22)21-11-5-4-10(18)15(19)16(11)20/h3-7H,8H2,1-2H3,(H,21,22). The fourth-order valence-electron chi connectivity index (χ4n) is 1.98. The summed E-state index contributed by atoms with van der Waals surface area (Å²) in [6.45, 7) is -0.563. The highest BCUT2D eigenvalue weighted by molar-refractivity contribution is 5.92. The topological polar surface area (TPSA) is 73.9 Å². The van der Waals surface area contributed by atoms with Crippen molar-refractivity contribution in [2.75, 3.05) is 26.1 Å². The first-order valence-electron chi connectivity index (χ1n) is 7.20. The van der Waals surface area contributed by atoms with Gasteiger partial charge in [-0.2, -0.15) is 0 Å². The minimum absolute atomic E-state index is 0.140. The number of carbonyl (C=O) groups excluding carboxylic acids is 2. The molecule has 2 rings (SSSR count). The molecular formula is C17H14F3NO5. The van der Waals surface area contributed by atoms with Crippen molar-refractivity contribution in [1.82, 2.24) is 0 Å². The van der Waals surface area contributed by atoms with Gasteiger partial charge in [0.25, 0.3) is 5.91 Å². The zero-order valence-electron chi connectivity index (χ0n) is 13.8. The lowest BCUT2D eigenvalue weighted by molar-refractivity contribution is -0.118. The van der Waals surface area contributed by atoms with Gasteiger partial charge in [-0.3, -0.25) is 4.79 Å². The van der Waals surface area contributed by atoms with Crippen LogP contribution in [-0.2, 0) is 9.53 Å². The Kier molecular flexibility index (Phi) is 6.05. The second-order valence-electron chi connectivity index (χ2n) is 4.92. The van der Waals surface area contributed by atoms with E-state index in [2.05, 4.69) is 10.1 Å². The monoisotopic (exact) mass is 369 g/mol. The van der Waals surface area contributed by atoms with Gasteiger partial charge in [-0.15, -0.1) is 0 Å². The Bertz CT molecular complexity index is 841. The Morgan fingerprint density at radius 2 is 1.73 bits per heavy atom. The number of rotatable bonds is 6. The number of benzene rings is 2. The molecule has 9 heteroatoms. The molecule has 2 aromatic carbocycles. The number of hydrogen-bond acceptors (Lipinski definition) is 5. The smallest absolute Gasteiger partial charge is 0.337 e. The van der Waals surface area contributed by atoms with Gasteiger partial charge in [-0.05, 0) is 30.3 Å². The maximum Gasteiger partial charge on any atom is 0.337 e. The highest BCUT2D eigenvalue weighted by atomic mass is 19.2. The average molecular weight is 369 g/mol. The Hall–Kier alpha value is -3.23. The molecule has 26 heavy (non-hydrogen) atoms. The first kappa shape index (κ1) is 19.1. The summed E-state index contributed by atoms with van der Waals surface area (Å²) in [6.07, 6.45) is 0. The lowest BCUT2D eigenvalue weighted by Gasteiger charge is -2.12. The minimum atomic E-state index is -1.69. The van der Waals surface area contributed by atoms with Crippen molar-refractivity contribution >= 4 is 17.6 Å². The van der Waals surface area contributed by atoms with Crippen LogP contribution in [0.2, 0.25) is 0 Å². The molecule has 0 unspecified atom stereocenters.